The highest BCUT2D eigenvalue weighted by Gasteiger charge is 2.37. The van der Waals surface area contributed by atoms with Crippen molar-refractivity contribution in [3.8, 4) is 5.75 Å². The molecule has 26 heavy (non-hydrogen) atoms. The van der Waals surface area contributed by atoms with Crippen molar-refractivity contribution in [3.63, 3.8) is 0 Å². The van der Waals surface area contributed by atoms with Crippen LogP contribution in [0.3, 0.4) is 0 Å². The Kier molecular flexibility index (Phi) is 5.31. The second-order valence-electron chi connectivity index (χ2n) is 5.68. The number of hydrogen-bond donors (Lipinski definition) is 3. The molecular formula is C17H14F6N2O. The van der Waals surface area contributed by atoms with Gasteiger partial charge in [0.05, 0.1) is 11.1 Å². The van der Waals surface area contributed by atoms with Crippen molar-refractivity contribution in [3.05, 3.63) is 64.7 Å². The molecule has 2 aromatic rings. The van der Waals surface area contributed by atoms with Gasteiger partial charge in [-0.1, -0.05) is 12.1 Å². The lowest BCUT2D eigenvalue weighted by Gasteiger charge is -2.17. The van der Waals surface area contributed by atoms with Crippen LogP contribution in [-0.2, 0) is 12.4 Å². The maximum Gasteiger partial charge on any atom is 0.416 e. The van der Waals surface area contributed by atoms with E-state index in [-0.39, 0.29) is 18.2 Å². The molecule has 0 aliphatic carbocycles. The molecule has 1 unspecified atom stereocenters. The van der Waals surface area contributed by atoms with Crippen LogP contribution in [0.15, 0.2) is 42.5 Å². The summed E-state index contributed by atoms with van der Waals surface area (Å²) in [5.41, 5.74) is 2.29. The van der Waals surface area contributed by atoms with E-state index in [0.717, 1.165) is 0 Å². The fraction of sp³-hybridized carbons (Fsp3) is 0.235. The molecule has 0 fully saturated rings. The van der Waals surface area contributed by atoms with Gasteiger partial charge in [-0.2, -0.15) is 26.3 Å². The van der Waals surface area contributed by atoms with Crippen LogP contribution in [-0.4, -0.2) is 10.8 Å². The predicted octanol–water partition coefficient (Wildman–Crippen LogP) is 4.89. The van der Waals surface area contributed by atoms with Crippen molar-refractivity contribution >= 4 is 5.71 Å². The fourth-order valence-electron chi connectivity index (χ4n) is 2.34. The van der Waals surface area contributed by atoms with Gasteiger partial charge in [-0.05, 0) is 41.5 Å². The zero-order valence-corrected chi connectivity index (χ0v) is 13.1. The van der Waals surface area contributed by atoms with E-state index in [1.807, 2.05) is 0 Å². The van der Waals surface area contributed by atoms with Gasteiger partial charge in [0.15, 0.2) is 0 Å². The minimum Gasteiger partial charge on any atom is -0.508 e. The van der Waals surface area contributed by atoms with E-state index in [1.54, 1.807) is 0 Å². The SMILES string of the molecule is N=C(CC(N)c1cccc(O)c1)c1cc(C(F)(F)F)cc(C(F)(F)F)c1. The number of benzene rings is 2. The number of hydrogen-bond acceptors (Lipinski definition) is 3. The number of halogens is 6. The third-order valence-electron chi connectivity index (χ3n) is 3.66. The first kappa shape index (κ1) is 19.8. The molecule has 9 heteroatoms. The van der Waals surface area contributed by atoms with Crippen LogP contribution in [0, 0.1) is 5.41 Å². The molecule has 0 heterocycles. The molecule has 0 saturated heterocycles. The first-order valence-electron chi connectivity index (χ1n) is 7.29. The summed E-state index contributed by atoms with van der Waals surface area (Å²) in [6.07, 6.45) is -10.3. The molecule has 1 atom stereocenters. The third-order valence-corrected chi connectivity index (χ3v) is 3.66. The van der Waals surface area contributed by atoms with Crippen LogP contribution < -0.4 is 5.73 Å². The van der Waals surface area contributed by atoms with Gasteiger partial charge in [0.25, 0.3) is 0 Å². The number of aromatic hydroxyl groups is 1. The van der Waals surface area contributed by atoms with E-state index in [4.69, 9.17) is 11.1 Å². The minimum atomic E-state index is -4.98. The Morgan fingerprint density at radius 2 is 1.50 bits per heavy atom. The third kappa shape index (κ3) is 4.75. The zero-order chi connectivity index (χ0) is 19.7. The second kappa shape index (κ2) is 6.99. The predicted molar refractivity (Wildman–Crippen MR) is 82.9 cm³/mol. The fourth-order valence-corrected chi connectivity index (χ4v) is 2.34. The lowest BCUT2D eigenvalue weighted by atomic mass is 9.95. The van der Waals surface area contributed by atoms with Gasteiger partial charge in [0.1, 0.15) is 5.75 Å². The van der Waals surface area contributed by atoms with Gasteiger partial charge in [-0.15, -0.1) is 0 Å². The van der Waals surface area contributed by atoms with Crippen LogP contribution in [0.25, 0.3) is 0 Å². The van der Waals surface area contributed by atoms with Crippen LogP contribution in [0.1, 0.15) is 34.7 Å². The number of alkyl halides is 6. The maximum absolute atomic E-state index is 12.9. The van der Waals surface area contributed by atoms with Crippen molar-refractivity contribution in [1.82, 2.24) is 0 Å². The van der Waals surface area contributed by atoms with Gasteiger partial charge < -0.3 is 16.2 Å². The molecule has 0 spiro atoms. The minimum absolute atomic E-state index is 0.00589. The van der Waals surface area contributed by atoms with Gasteiger partial charge in [-0.25, -0.2) is 0 Å². The molecule has 0 aliphatic rings. The Balaban J connectivity index is 2.35. The molecule has 0 radical (unpaired) electrons. The lowest BCUT2D eigenvalue weighted by molar-refractivity contribution is -0.143. The standard InChI is InChI=1S/C17H14F6N2O/c18-16(19,20)11-4-10(5-12(7-11)17(21,22)23)15(25)8-14(24)9-2-1-3-13(26)6-9/h1-7,14,25-26H,8,24H2. The molecule has 2 aromatic carbocycles. The molecule has 4 N–H and O–H groups in total. The average molecular weight is 376 g/mol. The van der Waals surface area contributed by atoms with Gasteiger partial charge in [-0.3, -0.25) is 0 Å². The summed E-state index contributed by atoms with van der Waals surface area (Å²) in [6.45, 7) is 0. The summed E-state index contributed by atoms with van der Waals surface area (Å²) in [4.78, 5) is 0. The Labute approximate surface area is 144 Å². The highest BCUT2D eigenvalue weighted by molar-refractivity contribution is 5.99. The largest absolute Gasteiger partial charge is 0.508 e. The maximum atomic E-state index is 12.9. The highest BCUT2D eigenvalue weighted by atomic mass is 19.4. The molecule has 0 saturated carbocycles. The first-order chi connectivity index (χ1) is 11.9. The van der Waals surface area contributed by atoms with Crippen molar-refractivity contribution in [1.29, 1.82) is 5.41 Å². The monoisotopic (exact) mass is 376 g/mol. The van der Waals surface area contributed by atoms with E-state index in [2.05, 4.69) is 0 Å². The van der Waals surface area contributed by atoms with Crippen molar-refractivity contribution in [2.45, 2.75) is 24.8 Å². The molecule has 3 nitrogen and oxygen atoms in total. The number of nitrogens with two attached hydrogens (primary N) is 1. The van der Waals surface area contributed by atoms with Crippen molar-refractivity contribution in [2.75, 3.05) is 0 Å². The first-order valence-corrected chi connectivity index (χ1v) is 7.29. The Hall–Kier alpha value is -2.55. The summed E-state index contributed by atoms with van der Waals surface area (Å²) in [7, 11) is 0. The Morgan fingerprint density at radius 3 is 1.96 bits per heavy atom. The lowest BCUT2D eigenvalue weighted by Crippen LogP contribution is -2.18. The normalized spacial score (nSPS) is 13.5. The van der Waals surface area contributed by atoms with E-state index in [9.17, 15) is 31.4 Å². The van der Waals surface area contributed by atoms with Crippen LogP contribution >= 0.6 is 0 Å². The Bertz CT molecular complexity index is 781. The molecule has 0 amide bonds. The van der Waals surface area contributed by atoms with Crippen LogP contribution in [0.4, 0.5) is 26.3 Å². The molecule has 0 aromatic heterocycles. The van der Waals surface area contributed by atoms with Gasteiger partial charge >= 0.3 is 12.4 Å². The smallest absolute Gasteiger partial charge is 0.416 e. The van der Waals surface area contributed by atoms with Crippen LogP contribution in [0.5, 0.6) is 5.75 Å². The number of phenolic OH excluding ortho intramolecular Hbond substituents is 1. The molecule has 0 aliphatic heterocycles. The molecule has 0 bridgehead atoms. The van der Waals surface area contributed by atoms with E-state index >= 15 is 0 Å². The topological polar surface area (TPSA) is 70.1 Å². The van der Waals surface area contributed by atoms with Gasteiger partial charge in [0.2, 0.25) is 0 Å². The summed E-state index contributed by atoms with van der Waals surface area (Å²) < 4.78 is 77.3. The van der Waals surface area contributed by atoms with Crippen molar-refractivity contribution < 1.29 is 31.4 Å². The van der Waals surface area contributed by atoms with Crippen molar-refractivity contribution in [2.24, 2.45) is 5.73 Å². The van der Waals surface area contributed by atoms with Crippen LogP contribution in [0.2, 0.25) is 0 Å². The van der Waals surface area contributed by atoms with E-state index < -0.39 is 40.8 Å². The summed E-state index contributed by atoms with van der Waals surface area (Å²) in [5.74, 6) is -0.0945. The summed E-state index contributed by atoms with van der Waals surface area (Å²) in [5, 5.41) is 17.3. The summed E-state index contributed by atoms with van der Waals surface area (Å²) >= 11 is 0. The molecular weight excluding hydrogens is 362 g/mol. The molecule has 140 valence electrons. The Morgan fingerprint density at radius 1 is 0.962 bits per heavy atom. The quantitative estimate of drug-likeness (QED) is 0.525. The number of nitrogens with one attached hydrogen (secondary N) is 1. The van der Waals surface area contributed by atoms with E-state index in [0.29, 0.717) is 17.7 Å². The number of phenols is 1. The zero-order valence-electron chi connectivity index (χ0n) is 13.1. The summed E-state index contributed by atoms with van der Waals surface area (Å²) in [6, 6.07) is 5.82. The van der Waals surface area contributed by atoms with E-state index in [1.165, 1.54) is 24.3 Å². The van der Waals surface area contributed by atoms with Gasteiger partial charge in [0, 0.05) is 18.2 Å². The number of rotatable bonds is 4. The molecule has 2 rings (SSSR count). The highest BCUT2D eigenvalue weighted by Crippen LogP contribution is 2.36. The average Bonchev–Trinajstić information content (AvgIpc) is 2.52. The second-order valence-corrected chi connectivity index (χ2v) is 5.68.